The molecule has 0 aromatic heterocycles. The van der Waals surface area contributed by atoms with E-state index < -0.39 is 4.74 Å². The zero-order valence-corrected chi connectivity index (χ0v) is 5.80. The van der Waals surface area contributed by atoms with Crippen LogP contribution in [0.3, 0.4) is 0 Å². The number of halogens is 2. The van der Waals surface area contributed by atoms with Crippen LogP contribution in [0.2, 0.25) is 0 Å². The second kappa shape index (κ2) is 3.41. The molecule has 1 radical (unpaired) electrons. The van der Waals surface area contributed by atoms with Gasteiger partial charge in [-0.25, -0.2) is 0 Å². The Balaban J connectivity index is 2.54. The lowest BCUT2D eigenvalue weighted by atomic mass is 9.73. The van der Waals surface area contributed by atoms with Crippen LogP contribution in [0.15, 0.2) is 0 Å². The summed E-state index contributed by atoms with van der Waals surface area (Å²) in [7, 11) is 2.19. The van der Waals surface area contributed by atoms with Gasteiger partial charge in [-0.1, -0.05) is 0 Å². The molecule has 0 saturated heterocycles. The lowest BCUT2D eigenvalue weighted by molar-refractivity contribution is 0.890. The third-order valence-electron chi connectivity index (χ3n) is 0.145. The molecule has 5 heteroatoms. The fourth-order valence-corrected chi connectivity index (χ4v) is 0. The van der Waals surface area contributed by atoms with E-state index in [1.165, 1.54) is 6.89 Å². The normalized spacial score (nSPS) is 7.00. The molecule has 0 aliphatic rings. The van der Waals surface area contributed by atoms with Gasteiger partial charge in [0, 0.05) is 0 Å². The monoisotopic (exact) mass is 201 g/mol. The van der Waals surface area contributed by atoms with E-state index >= 15 is 0 Å². The largest absolute Gasteiger partial charge is 0.373 e. The summed E-state index contributed by atoms with van der Waals surface area (Å²) in [6.45, 7) is 1.40. The molecule has 0 heterocycles. The predicted octanol–water partition coefficient (Wildman–Crippen LogP) is 0.870. The van der Waals surface area contributed by atoms with Crippen molar-refractivity contribution in [3.8, 4) is 0 Å². The maximum absolute atomic E-state index is 11.3. The average Bonchev–Trinajstić information content (AvgIpc) is 1.38. The van der Waals surface area contributed by atoms with Crippen LogP contribution in [-0.2, 0) is 0 Å². The van der Waals surface area contributed by atoms with Gasteiger partial charge in [-0.15, -0.1) is 22.4 Å². The molecule has 27 valence electrons. The Labute approximate surface area is 47.7 Å². The first-order valence-corrected chi connectivity index (χ1v) is 3.02. The highest BCUT2D eigenvalue weighted by atomic mass is 127. The van der Waals surface area contributed by atoms with Crippen molar-refractivity contribution in [2.45, 2.75) is 0 Å². The Hall–Kier alpha value is 1.22. The topological polar surface area (TPSA) is 0 Å². The highest BCUT2D eigenvalue weighted by Gasteiger charge is 2.00. The molecule has 0 amide bonds. The Morgan fingerprint density at radius 1 is 2.00 bits per heavy atom. The van der Waals surface area contributed by atoms with Crippen molar-refractivity contribution in [2.75, 3.05) is 0 Å². The van der Waals surface area contributed by atoms with Gasteiger partial charge in [-0.3, -0.25) is 0 Å². The lowest BCUT2D eigenvalue weighted by Gasteiger charge is -1.74. The molecule has 0 rings (SSSR count). The molecule has 0 fully saturated rings. The van der Waals surface area contributed by atoms with Gasteiger partial charge < -0.3 is 4.32 Å². The molecule has 0 aliphatic heterocycles. The highest BCUT2D eigenvalue weighted by Crippen LogP contribution is 1.94. The first-order valence-electron chi connectivity index (χ1n) is 1.10. The van der Waals surface area contributed by atoms with Crippen molar-refractivity contribution < 1.29 is 4.32 Å². The Morgan fingerprint density at radius 2 is 2.20 bits per heavy atom. The molecule has 0 bridgehead atoms. The predicted molar refractivity (Wildman–Crippen MR) is 36.3 cm³/mol. The first kappa shape index (κ1) is 6.22. The lowest BCUT2D eigenvalue weighted by Crippen LogP contribution is -1.96. The smallest absolute Gasteiger partial charge is 0.332 e. The van der Waals surface area contributed by atoms with Crippen LogP contribution >= 0.6 is 31.5 Å². The minimum atomic E-state index is -0.808. The summed E-state index contributed by atoms with van der Waals surface area (Å²) in [6.07, 6.45) is 0. The SMILES string of the molecule is FB(I)[B]P. The fourth-order valence-electron chi connectivity index (χ4n) is 0. The van der Waals surface area contributed by atoms with Gasteiger partial charge in [0.15, 0.2) is 6.89 Å². The Morgan fingerprint density at radius 3 is 2.20 bits per heavy atom. The molecule has 1 unspecified atom stereocenters. The van der Waals surface area contributed by atoms with Gasteiger partial charge in [0.1, 0.15) is 0 Å². The van der Waals surface area contributed by atoms with Gasteiger partial charge >= 0.3 is 4.74 Å². The molecule has 0 saturated carbocycles. The average molecular weight is 201 g/mol. The van der Waals surface area contributed by atoms with Crippen LogP contribution in [0.25, 0.3) is 0 Å². The minimum absolute atomic E-state index is 0.808. The maximum atomic E-state index is 11.3. The summed E-state index contributed by atoms with van der Waals surface area (Å²) in [5.74, 6) is 0. The van der Waals surface area contributed by atoms with E-state index in [1.54, 1.807) is 22.4 Å². The van der Waals surface area contributed by atoms with Crippen LogP contribution in [0, 0.1) is 0 Å². The second-order valence-electron chi connectivity index (χ2n) is 0.527. The summed E-state index contributed by atoms with van der Waals surface area (Å²) in [4.78, 5) is 0. The van der Waals surface area contributed by atoms with Crippen LogP contribution in [0.1, 0.15) is 0 Å². The van der Waals surface area contributed by atoms with E-state index in [4.69, 9.17) is 0 Å². The minimum Gasteiger partial charge on any atom is -0.332 e. The molecule has 0 aromatic carbocycles. The molecule has 0 aliphatic carbocycles. The van der Waals surface area contributed by atoms with Gasteiger partial charge in [0.25, 0.3) is 0 Å². The number of hydrogen-bond donors (Lipinski definition) is 0. The summed E-state index contributed by atoms with van der Waals surface area (Å²) >= 11 is 1.66. The van der Waals surface area contributed by atoms with E-state index in [9.17, 15) is 4.32 Å². The summed E-state index contributed by atoms with van der Waals surface area (Å²) in [5, 5.41) is 0. The Bertz CT molecular complexity index is 23.6. The van der Waals surface area contributed by atoms with Crippen LogP contribution in [-0.4, -0.2) is 11.6 Å². The standard InChI is InChI=1S/B2FH2IP/c3-2(4)1-5/h5H2. The van der Waals surface area contributed by atoms with E-state index in [0.717, 1.165) is 0 Å². The van der Waals surface area contributed by atoms with Crippen molar-refractivity contribution in [1.82, 2.24) is 0 Å². The van der Waals surface area contributed by atoms with Crippen molar-refractivity contribution in [3.63, 3.8) is 0 Å². The van der Waals surface area contributed by atoms with Crippen LogP contribution in [0.4, 0.5) is 4.32 Å². The third kappa shape index (κ3) is 5.22. The molecule has 0 N–H and O–H groups in total. The van der Waals surface area contributed by atoms with Crippen LogP contribution in [0.5, 0.6) is 0 Å². The molecule has 0 spiro atoms. The van der Waals surface area contributed by atoms with Crippen molar-refractivity contribution in [1.29, 1.82) is 0 Å². The van der Waals surface area contributed by atoms with Crippen molar-refractivity contribution in [2.24, 2.45) is 0 Å². The number of hydrogen-bond acceptors (Lipinski definition) is 0. The van der Waals surface area contributed by atoms with E-state index in [2.05, 4.69) is 9.12 Å². The molecule has 0 nitrogen and oxygen atoms in total. The zero-order chi connectivity index (χ0) is 4.28. The summed E-state index contributed by atoms with van der Waals surface area (Å²) in [5.41, 5.74) is 0. The van der Waals surface area contributed by atoms with Gasteiger partial charge in [0.05, 0.1) is 0 Å². The molecular weight excluding hydrogens is 198 g/mol. The van der Waals surface area contributed by atoms with E-state index in [0.29, 0.717) is 0 Å². The molecule has 1 atom stereocenters. The van der Waals surface area contributed by atoms with E-state index in [-0.39, 0.29) is 0 Å². The van der Waals surface area contributed by atoms with Crippen molar-refractivity contribution in [3.05, 3.63) is 0 Å². The fraction of sp³-hybridized carbons (Fsp3) is 0. The van der Waals surface area contributed by atoms with Gasteiger partial charge in [-0.2, -0.15) is 9.12 Å². The third-order valence-corrected chi connectivity index (χ3v) is 1.68. The summed E-state index contributed by atoms with van der Waals surface area (Å²) in [6, 6.07) is 0. The number of rotatable bonds is 1. The summed E-state index contributed by atoms with van der Waals surface area (Å²) < 4.78 is 10.5. The van der Waals surface area contributed by atoms with Crippen LogP contribution < -0.4 is 0 Å². The maximum Gasteiger partial charge on any atom is 0.373 e. The second-order valence-corrected chi connectivity index (χ2v) is 2.10. The molecule has 0 aromatic rings. The molecule has 5 heavy (non-hydrogen) atoms. The van der Waals surface area contributed by atoms with E-state index in [1.807, 2.05) is 0 Å². The molecular formula is H2B2FIP. The zero-order valence-electron chi connectivity index (χ0n) is 2.49. The Kier molecular flexibility index (Phi) is 4.24. The quantitative estimate of drug-likeness (QED) is 0.335. The van der Waals surface area contributed by atoms with Gasteiger partial charge in [-0.05, 0) is 0 Å². The van der Waals surface area contributed by atoms with Gasteiger partial charge in [0.2, 0.25) is 0 Å². The first-order chi connectivity index (χ1) is 2.27. The van der Waals surface area contributed by atoms with Crippen molar-refractivity contribution >= 4 is 43.1 Å². The highest BCUT2D eigenvalue weighted by molar-refractivity contribution is 14.1.